The van der Waals surface area contributed by atoms with E-state index in [4.69, 9.17) is 19.2 Å². The van der Waals surface area contributed by atoms with Crippen molar-refractivity contribution in [1.82, 2.24) is 10.6 Å². The summed E-state index contributed by atoms with van der Waals surface area (Å²) in [5.74, 6) is 2.59. The largest absolute Gasteiger partial charge is 0.493 e. The Morgan fingerprint density at radius 3 is 2.13 bits per heavy atom. The van der Waals surface area contributed by atoms with E-state index in [2.05, 4.69) is 60.7 Å². The Bertz CT molecular complexity index is 793. The molecule has 0 saturated carbocycles. The average molecular weight is 542 g/mol. The molecule has 0 radical (unpaired) electrons. The Hall–Kier alpha value is -2.36. The van der Waals surface area contributed by atoms with Crippen LogP contribution in [0.1, 0.15) is 19.4 Å². The number of likely N-dealkylation sites (N-methyl/N-ethyl adjacent to an activating group) is 1. The van der Waals surface area contributed by atoms with Crippen LogP contribution in [0, 0.1) is 0 Å². The standard InChI is InChI=1S/C23H34N4O3.HI/c1-7-24-23(25-15-17(2)27(3)19-11-9-8-10-12-19)26-16-18-13-20(28-4)22(30-6)21(14-18)29-5;/h8-14,17H,7,15-16H2,1-6H3,(H2,24,25,26);1H. The zero-order valence-corrected chi connectivity index (χ0v) is 21.6. The number of aliphatic imine (C=N–C) groups is 1. The van der Waals surface area contributed by atoms with Crippen molar-refractivity contribution in [2.24, 2.45) is 4.99 Å². The maximum absolute atomic E-state index is 5.43. The molecule has 1 atom stereocenters. The lowest BCUT2D eigenvalue weighted by Crippen LogP contribution is -2.45. The molecule has 0 amide bonds. The lowest BCUT2D eigenvalue weighted by molar-refractivity contribution is 0.324. The second kappa shape index (κ2) is 13.8. The summed E-state index contributed by atoms with van der Waals surface area (Å²) in [6.07, 6.45) is 0. The molecule has 0 saturated heterocycles. The molecule has 0 aliphatic carbocycles. The number of nitrogens with zero attached hydrogens (tertiary/aromatic N) is 2. The third-order valence-corrected chi connectivity index (χ3v) is 4.88. The second-order valence-corrected chi connectivity index (χ2v) is 6.91. The van der Waals surface area contributed by atoms with Gasteiger partial charge in [0.05, 0.1) is 27.9 Å². The zero-order valence-electron chi connectivity index (χ0n) is 19.3. The van der Waals surface area contributed by atoms with Gasteiger partial charge in [0, 0.05) is 31.9 Å². The number of ether oxygens (including phenoxy) is 3. The molecular weight excluding hydrogens is 507 g/mol. The molecule has 0 bridgehead atoms. The minimum Gasteiger partial charge on any atom is -0.493 e. The number of guanidine groups is 1. The minimum absolute atomic E-state index is 0. The van der Waals surface area contributed by atoms with E-state index in [1.807, 2.05) is 18.2 Å². The molecule has 1 unspecified atom stereocenters. The summed E-state index contributed by atoms with van der Waals surface area (Å²) >= 11 is 0. The van der Waals surface area contributed by atoms with Crippen LogP contribution in [0.2, 0.25) is 0 Å². The molecule has 0 spiro atoms. The predicted molar refractivity (Wildman–Crippen MR) is 139 cm³/mol. The van der Waals surface area contributed by atoms with Crippen molar-refractivity contribution in [1.29, 1.82) is 0 Å². The van der Waals surface area contributed by atoms with Crippen molar-refractivity contribution < 1.29 is 14.2 Å². The summed E-state index contributed by atoms with van der Waals surface area (Å²) in [5, 5.41) is 6.73. The summed E-state index contributed by atoms with van der Waals surface area (Å²) in [6, 6.07) is 14.5. The molecule has 0 aliphatic heterocycles. The molecule has 2 rings (SSSR count). The summed E-state index contributed by atoms with van der Waals surface area (Å²) in [5.41, 5.74) is 2.15. The number of halogens is 1. The minimum atomic E-state index is 0. The second-order valence-electron chi connectivity index (χ2n) is 6.91. The van der Waals surface area contributed by atoms with Gasteiger partial charge in [-0.05, 0) is 43.7 Å². The summed E-state index contributed by atoms with van der Waals surface area (Å²) < 4.78 is 16.2. The fourth-order valence-electron chi connectivity index (χ4n) is 3.04. The van der Waals surface area contributed by atoms with Crippen LogP contribution in [-0.2, 0) is 6.54 Å². The molecule has 2 N–H and O–H groups in total. The number of para-hydroxylation sites is 1. The highest BCUT2D eigenvalue weighted by atomic mass is 127. The first-order valence-corrected chi connectivity index (χ1v) is 10.1. The van der Waals surface area contributed by atoms with E-state index in [0.29, 0.717) is 23.8 Å². The van der Waals surface area contributed by atoms with E-state index < -0.39 is 0 Å². The van der Waals surface area contributed by atoms with Gasteiger partial charge in [-0.15, -0.1) is 24.0 Å². The fourth-order valence-corrected chi connectivity index (χ4v) is 3.04. The summed E-state index contributed by atoms with van der Waals surface area (Å²) in [4.78, 5) is 6.96. The van der Waals surface area contributed by atoms with Crippen molar-refractivity contribution in [2.45, 2.75) is 26.4 Å². The van der Waals surface area contributed by atoms with Crippen LogP contribution in [0.4, 0.5) is 5.69 Å². The van der Waals surface area contributed by atoms with E-state index in [0.717, 1.165) is 24.6 Å². The highest BCUT2D eigenvalue weighted by Crippen LogP contribution is 2.38. The van der Waals surface area contributed by atoms with E-state index in [1.54, 1.807) is 21.3 Å². The Balaban J connectivity index is 0.00000480. The number of hydrogen-bond acceptors (Lipinski definition) is 5. The van der Waals surface area contributed by atoms with Crippen LogP contribution in [0.25, 0.3) is 0 Å². The molecule has 8 heteroatoms. The summed E-state index contributed by atoms with van der Waals surface area (Å²) in [7, 11) is 6.92. The average Bonchev–Trinajstić information content (AvgIpc) is 2.79. The highest BCUT2D eigenvalue weighted by molar-refractivity contribution is 14.0. The van der Waals surface area contributed by atoms with Gasteiger partial charge in [-0.1, -0.05) is 18.2 Å². The maximum atomic E-state index is 5.43. The van der Waals surface area contributed by atoms with E-state index in [-0.39, 0.29) is 30.0 Å². The van der Waals surface area contributed by atoms with Gasteiger partial charge in [-0.25, -0.2) is 4.99 Å². The Labute approximate surface area is 203 Å². The maximum Gasteiger partial charge on any atom is 0.203 e. The molecule has 2 aromatic carbocycles. The number of hydrogen-bond donors (Lipinski definition) is 2. The van der Waals surface area contributed by atoms with Gasteiger partial charge in [0.25, 0.3) is 0 Å². The molecule has 7 nitrogen and oxygen atoms in total. The third-order valence-electron chi connectivity index (χ3n) is 4.88. The van der Waals surface area contributed by atoms with Gasteiger partial charge in [-0.3, -0.25) is 0 Å². The van der Waals surface area contributed by atoms with Gasteiger partial charge in [-0.2, -0.15) is 0 Å². The van der Waals surface area contributed by atoms with Gasteiger partial charge < -0.3 is 29.7 Å². The van der Waals surface area contributed by atoms with Gasteiger partial charge >= 0.3 is 0 Å². The monoisotopic (exact) mass is 542 g/mol. The zero-order chi connectivity index (χ0) is 21.9. The topological polar surface area (TPSA) is 67.4 Å². The van der Waals surface area contributed by atoms with Crippen molar-refractivity contribution in [3.8, 4) is 17.2 Å². The van der Waals surface area contributed by atoms with Crippen LogP contribution < -0.4 is 29.7 Å². The number of anilines is 1. The SMILES string of the molecule is CCNC(=NCc1cc(OC)c(OC)c(OC)c1)NCC(C)N(C)c1ccccc1.I. The normalized spacial score (nSPS) is 11.7. The molecule has 0 aromatic heterocycles. The van der Waals surface area contributed by atoms with Crippen LogP contribution in [0.15, 0.2) is 47.5 Å². The van der Waals surface area contributed by atoms with Crippen molar-refractivity contribution in [3.05, 3.63) is 48.0 Å². The van der Waals surface area contributed by atoms with Crippen LogP contribution in [0.5, 0.6) is 17.2 Å². The highest BCUT2D eigenvalue weighted by Gasteiger charge is 2.14. The predicted octanol–water partition coefficient (Wildman–Crippen LogP) is 3.91. The summed E-state index contributed by atoms with van der Waals surface area (Å²) in [6.45, 7) is 6.25. The van der Waals surface area contributed by atoms with Crippen molar-refractivity contribution in [3.63, 3.8) is 0 Å². The Morgan fingerprint density at radius 1 is 1.00 bits per heavy atom. The molecular formula is C23H35IN4O3. The molecule has 172 valence electrons. The molecule has 0 aliphatic rings. The Morgan fingerprint density at radius 2 is 1.61 bits per heavy atom. The number of rotatable bonds is 10. The first-order valence-electron chi connectivity index (χ1n) is 10.1. The van der Waals surface area contributed by atoms with E-state index in [1.165, 1.54) is 5.69 Å². The van der Waals surface area contributed by atoms with Crippen LogP contribution >= 0.6 is 24.0 Å². The lowest BCUT2D eigenvalue weighted by Gasteiger charge is -2.27. The van der Waals surface area contributed by atoms with Gasteiger partial charge in [0.1, 0.15) is 0 Å². The smallest absolute Gasteiger partial charge is 0.203 e. The molecule has 2 aromatic rings. The van der Waals surface area contributed by atoms with Crippen molar-refractivity contribution >= 4 is 35.6 Å². The molecule has 0 fully saturated rings. The molecule has 0 heterocycles. The Kier molecular flexibility index (Phi) is 11.9. The lowest BCUT2D eigenvalue weighted by atomic mass is 10.2. The fraction of sp³-hybridized carbons (Fsp3) is 0.435. The number of benzene rings is 2. The first kappa shape index (κ1) is 26.7. The molecule has 31 heavy (non-hydrogen) atoms. The number of nitrogens with one attached hydrogen (secondary N) is 2. The van der Waals surface area contributed by atoms with Crippen molar-refractivity contribution in [2.75, 3.05) is 46.4 Å². The number of methoxy groups -OCH3 is 3. The van der Waals surface area contributed by atoms with Gasteiger partial charge in [0.15, 0.2) is 17.5 Å². The van der Waals surface area contributed by atoms with Gasteiger partial charge in [0.2, 0.25) is 5.75 Å². The van der Waals surface area contributed by atoms with Crippen LogP contribution in [0.3, 0.4) is 0 Å². The van der Waals surface area contributed by atoms with E-state index in [9.17, 15) is 0 Å². The van der Waals surface area contributed by atoms with Crippen LogP contribution in [-0.4, -0.2) is 53.5 Å². The quantitative estimate of drug-likeness (QED) is 0.270. The van der Waals surface area contributed by atoms with E-state index >= 15 is 0 Å². The third kappa shape index (κ3) is 7.68. The first-order chi connectivity index (χ1) is 14.5.